The van der Waals surface area contributed by atoms with E-state index < -0.39 is 10.8 Å². The molecule has 2 amide bonds. The number of nitro groups is 1. The number of nitro benzene ring substituents is 1. The molecule has 0 saturated carbocycles. The third-order valence-corrected chi connectivity index (χ3v) is 4.34. The highest BCUT2D eigenvalue weighted by Gasteiger charge is 2.17. The van der Waals surface area contributed by atoms with Crippen LogP contribution in [-0.4, -0.2) is 37.0 Å². The summed E-state index contributed by atoms with van der Waals surface area (Å²) in [6.07, 6.45) is 0.427. The first-order valence-electron chi connectivity index (χ1n) is 9.98. The molecule has 3 N–H and O–H groups in total. The predicted molar refractivity (Wildman–Crippen MR) is 119 cm³/mol. The Balaban J connectivity index is 2.02. The number of amides is 2. The molecule has 0 atom stereocenters. The van der Waals surface area contributed by atoms with Crippen molar-refractivity contribution in [3.63, 3.8) is 0 Å². The number of benzene rings is 2. The normalized spacial score (nSPS) is 10.6. The Morgan fingerprint density at radius 2 is 1.94 bits per heavy atom. The number of methoxy groups -OCH3 is 1. The maximum absolute atomic E-state index is 12.5. The van der Waals surface area contributed by atoms with Crippen molar-refractivity contribution in [2.24, 2.45) is 5.92 Å². The Bertz CT molecular complexity index is 930. The van der Waals surface area contributed by atoms with Gasteiger partial charge in [-0.2, -0.15) is 0 Å². The van der Waals surface area contributed by atoms with Gasteiger partial charge in [-0.05, 0) is 35.7 Å². The van der Waals surface area contributed by atoms with Gasteiger partial charge in [0.25, 0.3) is 11.6 Å². The van der Waals surface area contributed by atoms with Crippen molar-refractivity contribution < 1.29 is 19.2 Å². The molecule has 0 aromatic heterocycles. The van der Waals surface area contributed by atoms with E-state index in [0.717, 1.165) is 5.56 Å². The van der Waals surface area contributed by atoms with Crippen LogP contribution in [0.4, 0.5) is 17.1 Å². The second kappa shape index (κ2) is 11.7. The third kappa shape index (κ3) is 7.71. The van der Waals surface area contributed by atoms with Crippen LogP contribution in [0.3, 0.4) is 0 Å². The fourth-order valence-electron chi connectivity index (χ4n) is 2.89. The molecule has 0 aliphatic carbocycles. The zero-order chi connectivity index (χ0) is 22.8. The molecule has 0 radical (unpaired) electrons. The molecule has 0 bridgehead atoms. The van der Waals surface area contributed by atoms with Gasteiger partial charge in [0.1, 0.15) is 5.69 Å². The molecule has 0 aliphatic rings. The van der Waals surface area contributed by atoms with E-state index in [1.165, 1.54) is 18.2 Å². The second-order valence-corrected chi connectivity index (χ2v) is 7.44. The predicted octanol–water partition coefficient (Wildman–Crippen LogP) is 3.57. The molecule has 9 heteroatoms. The van der Waals surface area contributed by atoms with Crippen LogP contribution < -0.4 is 16.0 Å². The first-order valence-corrected chi connectivity index (χ1v) is 9.98. The van der Waals surface area contributed by atoms with Gasteiger partial charge in [-0.25, -0.2) is 0 Å². The van der Waals surface area contributed by atoms with Crippen LogP contribution in [0.15, 0.2) is 42.5 Å². The van der Waals surface area contributed by atoms with E-state index in [0.29, 0.717) is 30.9 Å². The van der Waals surface area contributed by atoms with E-state index in [1.54, 1.807) is 25.3 Å². The van der Waals surface area contributed by atoms with Gasteiger partial charge in [0, 0.05) is 43.9 Å². The van der Waals surface area contributed by atoms with Crippen molar-refractivity contribution in [2.45, 2.75) is 26.8 Å². The number of ether oxygens (including phenoxy) is 1. The molecule has 0 unspecified atom stereocenters. The molecule has 9 nitrogen and oxygen atoms in total. The highest BCUT2D eigenvalue weighted by Crippen LogP contribution is 2.25. The summed E-state index contributed by atoms with van der Waals surface area (Å²) in [6.45, 7) is 4.97. The third-order valence-electron chi connectivity index (χ3n) is 4.34. The van der Waals surface area contributed by atoms with Gasteiger partial charge < -0.3 is 20.7 Å². The van der Waals surface area contributed by atoms with Gasteiger partial charge >= 0.3 is 0 Å². The Kier molecular flexibility index (Phi) is 8.95. The molecule has 0 aliphatic heterocycles. The van der Waals surface area contributed by atoms with Crippen molar-refractivity contribution in [1.82, 2.24) is 5.32 Å². The van der Waals surface area contributed by atoms with Gasteiger partial charge in [-0.15, -0.1) is 0 Å². The topological polar surface area (TPSA) is 123 Å². The van der Waals surface area contributed by atoms with Crippen molar-refractivity contribution >= 4 is 28.9 Å². The minimum absolute atomic E-state index is 0.0670. The summed E-state index contributed by atoms with van der Waals surface area (Å²) in [5.74, 6) is -0.239. The zero-order valence-corrected chi connectivity index (χ0v) is 17.9. The summed E-state index contributed by atoms with van der Waals surface area (Å²) in [6, 6.07) is 11.5. The van der Waals surface area contributed by atoms with E-state index >= 15 is 0 Å². The Morgan fingerprint density at radius 1 is 1.16 bits per heavy atom. The summed E-state index contributed by atoms with van der Waals surface area (Å²) >= 11 is 0. The molecule has 2 aromatic rings. The SMILES string of the molecule is COCCNc1ccc(C(=O)NCc2cccc(NC(=O)CC(C)C)c2)cc1[N+](=O)[O-]. The van der Waals surface area contributed by atoms with E-state index in [9.17, 15) is 19.7 Å². The van der Waals surface area contributed by atoms with Gasteiger partial charge in [-0.1, -0.05) is 26.0 Å². The minimum Gasteiger partial charge on any atom is -0.383 e. The molecule has 2 aromatic carbocycles. The number of rotatable bonds is 11. The Hall–Kier alpha value is -3.46. The average molecular weight is 428 g/mol. The number of hydrogen-bond donors (Lipinski definition) is 3. The van der Waals surface area contributed by atoms with Crippen LogP contribution in [0.25, 0.3) is 0 Å². The molecular formula is C22H28N4O5. The lowest BCUT2D eigenvalue weighted by atomic mass is 10.1. The van der Waals surface area contributed by atoms with Crippen LogP contribution in [0.1, 0.15) is 36.2 Å². The number of nitrogens with zero attached hydrogens (tertiary/aromatic N) is 1. The second-order valence-electron chi connectivity index (χ2n) is 7.44. The molecule has 0 saturated heterocycles. The lowest BCUT2D eigenvalue weighted by Crippen LogP contribution is -2.23. The van der Waals surface area contributed by atoms with E-state index in [1.807, 2.05) is 19.9 Å². The maximum Gasteiger partial charge on any atom is 0.293 e. The molecule has 0 heterocycles. The first kappa shape index (κ1) is 23.8. The van der Waals surface area contributed by atoms with Gasteiger partial charge in [0.05, 0.1) is 11.5 Å². The minimum atomic E-state index is -0.533. The van der Waals surface area contributed by atoms with E-state index in [2.05, 4.69) is 16.0 Å². The van der Waals surface area contributed by atoms with E-state index in [4.69, 9.17) is 4.74 Å². The highest BCUT2D eigenvalue weighted by atomic mass is 16.6. The fourth-order valence-corrected chi connectivity index (χ4v) is 2.89. The van der Waals surface area contributed by atoms with Crippen LogP contribution in [0.5, 0.6) is 0 Å². The lowest BCUT2D eigenvalue weighted by Gasteiger charge is -2.11. The standard InChI is InChI=1S/C22H28N4O5/c1-15(2)11-21(27)25-18-6-4-5-16(12-18)14-24-22(28)17-7-8-19(23-9-10-31-3)20(13-17)26(29)30/h4-8,12-13,15,23H,9-11,14H2,1-3H3,(H,24,28)(H,25,27). The molecule has 31 heavy (non-hydrogen) atoms. The van der Waals surface area contributed by atoms with E-state index in [-0.39, 0.29) is 29.6 Å². The molecule has 0 spiro atoms. The average Bonchev–Trinajstić information content (AvgIpc) is 2.71. The monoisotopic (exact) mass is 428 g/mol. The summed E-state index contributed by atoms with van der Waals surface area (Å²) in [5, 5.41) is 19.9. The number of hydrogen-bond acceptors (Lipinski definition) is 6. The summed E-state index contributed by atoms with van der Waals surface area (Å²) in [5.41, 5.74) is 1.77. The Labute approximate surface area is 181 Å². The van der Waals surface area contributed by atoms with Crippen LogP contribution >= 0.6 is 0 Å². The van der Waals surface area contributed by atoms with Crippen molar-refractivity contribution in [2.75, 3.05) is 30.9 Å². The first-order chi connectivity index (χ1) is 14.8. The zero-order valence-electron chi connectivity index (χ0n) is 17.9. The quantitative estimate of drug-likeness (QED) is 0.286. The van der Waals surface area contributed by atoms with Gasteiger partial charge in [-0.3, -0.25) is 19.7 Å². The summed E-state index contributed by atoms with van der Waals surface area (Å²) < 4.78 is 4.93. The highest BCUT2D eigenvalue weighted by molar-refractivity contribution is 5.95. The molecule has 166 valence electrons. The molecule has 2 rings (SSSR count). The smallest absolute Gasteiger partial charge is 0.293 e. The summed E-state index contributed by atoms with van der Waals surface area (Å²) in [7, 11) is 1.54. The fraction of sp³-hybridized carbons (Fsp3) is 0.364. The van der Waals surface area contributed by atoms with Crippen LogP contribution in [-0.2, 0) is 16.1 Å². The van der Waals surface area contributed by atoms with Gasteiger partial charge in [0.2, 0.25) is 5.91 Å². The molecular weight excluding hydrogens is 400 g/mol. The molecule has 0 fully saturated rings. The number of carbonyl (C=O) groups is 2. The van der Waals surface area contributed by atoms with Crippen molar-refractivity contribution in [1.29, 1.82) is 0 Å². The number of nitrogens with one attached hydrogen (secondary N) is 3. The maximum atomic E-state index is 12.5. The van der Waals surface area contributed by atoms with Crippen molar-refractivity contribution in [3.05, 3.63) is 63.7 Å². The van der Waals surface area contributed by atoms with Gasteiger partial charge in [0.15, 0.2) is 0 Å². The lowest BCUT2D eigenvalue weighted by molar-refractivity contribution is -0.384. The summed E-state index contributed by atoms with van der Waals surface area (Å²) in [4.78, 5) is 35.3. The number of anilines is 2. The Morgan fingerprint density at radius 3 is 2.61 bits per heavy atom. The van der Waals surface area contributed by atoms with Crippen LogP contribution in [0.2, 0.25) is 0 Å². The largest absolute Gasteiger partial charge is 0.383 e. The van der Waals surface area contributed by atoms with Crippen LogP contribution in [0, 0.1) is 16.0 Å². The van der Waals surface area contributed by atoms with Crippen molar-refractivity contribution in [3.8, 4) is 0 Å². The number of carbonyl (C=O) groups excluding carboxylic acids is 2.